The SMILES string of the molecule is CN1CC2=C(N1)c1c(Oc3ccc4c(c3)OCO4)sc(C(N)=O)c1CCC2. The molecule has 0 unspecified atom stereocenters. The van der Waals surface area contributed by atoms with Crippen LogP contribution in [0.5, 0.6) is 22.3 Å². The third kappa shape index (κ3) is 2.72. The van der Waals surface area contributed by atoms with E-state index < -0.39 is 5.91 Å². The Bertz CT molecular complexity index is 982. The molecule has 0 bridgehead atoms. The zero-order valence-corrected chi connectivity index (χ0v) is 15.6. The van der Waals surface area contributed by atoms with Crippen molar-refractivity contribution in [2.75, 3.05) is 20.4 Å². The van der Waals surface area contributed by atoms with Crippen molar-refractivity contribution in [3.63, 3.8) is 0 Å². The van der Waals surface area contributed by atoms with Gasteiger partial charge in [0.1, 0.15) is 5.75 Å². The molecule has 27 heavy (non-hydrogen) atoms. The molecule has 2 aromatic rings. The summed E-state index contributed by atoms with van der Waals surface area (Å²) < 4.78 is 17.0. The molecule has 0 fully saturated rings. The monoisotopic (exact) mass is 385 g/mol. The maximum Gasteiger partial charge on any atom is 0.259 e. The molecule has 5 rings (SSSR count). The van der Waals surface area contributed by atoms with Crippen molar-refractivity contribution in [3.05, 3.63) is 39.8 Å². The molecule has 0 saturated heterocycles. The summed E-state index contributed by atoms with van der Waals surface area (Å²) in [7, 11) is 2.01. The van der Waals surface area contributed by atoms with E-state index in [1.165, 1.54) is 16.9 Å². The van der Waals surface area contributed by atoms with Gasteiger partial charge in [0.25, 0.3) is 5.91 Å². The van der Waals surface area contributed by atoms with Gasteiger partial charge in [-0.1, -0.05) is 11.3 Å². The quantitative estimate of drug-likeness (QED) is 0.845. The van der Waals surface area contributed by atoms with Crippen molar-refractivity contribution in [2.45, 2.75) is 19.3 Å². The molecule has 1 aliphatic carbocycles. The molecule has 0 spiro atoms. The third-order valence-corrected chi connectivity index (χ3v) is 6.12. The van der Waals surface area contributed by atoms with E-state index in [-0.39, 0.29) is 6.79 Å². The topological polar surface area (TPSA) is 86.1 Å². The van der Waals surface area contributed by atoms with Gasteiger partial charge in [0.05, 0.1) is 16.1 Å². The number of hydrogen-bond donors (Lipinski definition) is 2. The van der Waals surface area contributed by atoms with Gasteiger partial charge >= 0.3 is 0 Å². The Morgan fingerprint density at radius 1 is 1.30 bits per heavy atom. The molecular weight excluding hydrogens is 366 g/mol. The van der Waals surface area contributed by atoms with E-state index in [1.54, 1.807) is 6.07 Å². The predicted octanol–water partition coefficient (Wildman–Crippen LogP) is 2.87. The minimum absolute atomic E-state index is 0.214. The first-order valence-electron chi connectivity index (χ1n) is 8.83. The van der Waals surface area contributed by atoms with Crippen LogP contribution in [0.25, 0.3) is 5.70 Å². The first kappa shape index (κ1) is 16.5. The average molecular weight is 385 g/mol. The predicted molar refractivity (Wildman–Crippen MR) is 101 cm³/mol. The Morgan fingerprint density at radius 3 is 3.00 bits per heavy atom. The number of amides is 1. The summed E-state index contributed by atoms with van der Waals surface area (Å²) in [6.45, 7) is 1.07. The highest BCUT2D eigenvalue weighted by Crippen LogP contribution is 2.47. The molecule has 140 valence electrons. The summed E-state index contributed by atoms with van der Waals surface area (Å²) in [5, 5.41) is 2.72. The molecule has 3 N–H and O–H groups in total. The maximum absolute atomic E-state index is 12.1. The van der Waals surface area contributed by atoms with Crippen LogP contribution in [0.3, 0.4) is 0 Å². The number of carbonyl (C=O) groups excluding carboxylic acids is 1. The lowest BCUT2D eigenvalue weighted by Gasteiger charge is -2.14. The van der Waals surface area contributed by atoms with Crippen LogP contribution in [-0.2, 0) is 6.42 Å². The van der Waals surface area contributed by atoms with Gasteiger partial charge in [0.2, 0.25) is 6.79 Å². The largest absolute Gasteiger partial charge is 0.454 e. The van der Waals surface area contributed by atoms with Gasteiger partial charge in [0, 0.05) is 19.7 Å². The molecule has 1 amide bonds. The van der Waals surface area contributed by atoms with Gasteiger partial charge in [-0.05, 0) is 42.5 Å². The number of benzene rings is 1. The van der Waals surface area contributed by atoms with Crippen molar-refractivity contribution >= 4 is 22.9 Å². The summed E-state index contributed by atoms with van der Waals surface area (Å²) >= 11 is 1.31. The number of nitrogens with two attached hydrogens (primary N) is 1. The lowest BCUT2D eigenvalue weighted by atomic mass is 10.0. The maximum atomic E-state index is 12.1. The Morgan fingerprint density at radius 2 is 2.15 bits per heavy atom. The smallest absolute Gasteiger partial charge is 0.259 e. The molecule has 2 aliphatic heterocycles. The van der Waals surface area contributed by atoms with E-state index in [4.69, 9.17) is 19.9 Å². The lowest BCUT2D eigenvalue weighted by molar-refractivity contribution is 0.100. The summed E-state index contributed by atoms with van der Waals surface area (Å²) in [6.07, 6.45) is 2.79. The highest BCUT2D eigenvalue weighted by Gasteiger charge is 2.32. The van der Waals surface area contributed by atoms with Crippen LogP contribution < -0.4 is 25.4 Å². The Labute approximate surface area is 160 Å². The van der Waals surface area contributed by atoms with Crippen LogP contribution in [0.4, 0.5) is 0 Å². The van der Waals surface area contributed by atoms with Gasteiger partial charge in [-0.15, -0.1) is 0 Å². The zero-order chi connectivity index (χ0) is 18.5. The summed E-state index contributed by atoms with van der Waals surface area (Å²) in [5.74, 6) is 1.59. The van der Waals surface area contributed by atoms with Gasteiger partial charge in [-0.25, -0.2) is 5.01 Å². The summed E-state index contributed by atoms with van der Waals surface area (Å²) in [5.41, 5.74) is 13.4. The van der Waals surface area contributed by atoms with Gasteiger partial charge in [-0.2, -0.15) is 0 Å². The van der Waals surface area contributed by atoms with Gasteiger partial charge in [0.15, 0.2) is 16.6 Å². The number of nitrogens with zero attached hydrogens (tertiary/aromatic N) is 1. The number of ether oxygens (including phenoxy) is 3. The number of rotatable bonds is 3. The molecule has 7 nitrogen and oxygen atoms in total. The van der Waals surface area contributed by atoms with Crippen molar-refractivity contribution in [3.8, 4) is 22.3 Å². The summed E-state index contributed by atoms with van der Waals surface area (Å²) in [4.78, 5) is 12.6. The molecule has 0 radical (unpaired) electrons. The van der Waals surface area contributed by atoms with E-state index in [1.807, 2.05) is 24.2 Å². The Hall–Kier alpha value is -2.71. The zero-order valence-electron chi connectivity index (χ0n) is 14.8. The summed E-state index contributed by atoms with van der Waals surface area (Å²) in [6, 6.07) is 5.47. The number of thiophene rings is 1. The minimum atomic E-state index is -0.410. The molecule has 3 aliphatic rings. The third-order valence-electron chi connectivity index (χ3n) is 4.99. The van der Waals surface area contributed by atoms with E-state index in [0.717, 1.165) is 42.6 Å². The van der Waals surface area contributed by atoms with Crippen LogP contribution >= 0.6 is 11.3 Å². The van der Waals surface area contributed by atoms with Crippen molar-refractivity contribution in [1.82, 2.24) is 10.4 Å². The van der Waals surface area contributed by atoms with Crippen molar-refractivity contribution in [2.24, 2.45) is 5.73 Å². The van der Waals surface area contributed by atoms with Crippen LogP contribution in [0.1, 0.15) is 33.6 Å². The van der Waals surface area contributed by atoms with Crippen molar-refractivity contribution in [1.29, 1.82) is 0 Å². The number of hydrogen-bond acceptors (Lipinski definition) is 7. The molecule has 0 atom stereocenters. The number of carbonyl (C=O) groups is 1. The average Bonchev–Trinajstić information content (AvgIpc) is 3.30. The Balaban J connectivity index is 1.60. The number of primary amides is 1. The highest BCUT2D eigenvalue weighted by molar-refractivity contribution is 7.16. The minimum Gasteiger partial charge on any atom is -0.454 e. The van der Waals surface area contributed by atoms with Gasteiger partial charge < -0.3 is 25.4 Å². The van der Waals surface area contributed by atoms with Crippen LogP contribution in [0, 0.1) is 0 Å². The first-order chi connectivity index (χ1) is 13.1. The number of hydrazine groups is 1. The first-order valence-corrected chi connectivity index (χ1v) is 9.65. The van der Waals surface area contributed by atoms with Crippen LogP contribution in [0.15, 0.2) is 23.8 Å². The highest BCUT2D eigenvalue weighted by atomic mass is 32.1. The normalized spacial score (nSPS) is 18.0. The molecule has 1 aromatic carbocycles. The molecular formula is C19H19N3O4S. The second-order valence-electron chi connectivity index (χ2n) is 6.85. The van der Waals surface area contributed by atoms with Crippen LogP contribution in [0.2, 0.25) is 0 Å². The number of nitrogens with one attached hydrogen (secondary N) is 1. The van der Waals surface area contributed by atoms with Crippen LogP contribution in [-0.4, -0.2) is 31.3 Å². The lowest BCUT2D eigenvalue weighted by Crippen LogP contribution is -2.27. The number of likely N-dealkylation sites (N-methyl/N-ethyl adjacent to an activating group) is 1. The fourth-order valence-electron chi connectivity index (χ4n) is 3.84. The molecule has 3 heterocycles. The number of fused-ring (bicyclic) bond motifs is 3. The molecule has 1 aromatic heterocycles. The van der Waals surface area contributed by atoms with Gasteiger partial charge in [-0.3, -0.25) is 4.79 Å². The molecule has 8 heteroatoms. The second kappa shape index (κ2) is 6.17. The van der Waals surface area contributed by atoms with Crippen molar-refractivity contribution < 1.29 is 19.0 Å². The van der Waals surface area contributed by atoms with E-state index in [9.17, 15) is 4.79 Å². The van der Waals surface area contributed by atoms with E-state index in [2.05, 4.69) is 5.43 Å². The second-order valence-corrected chi connectivity index (χ2v) is 7.84. The van der Waals surface area contributed by atoms with E-state index in [0.29, 0.717) is 27.2 Å². The van der Waals surface area contributed by atoms with E-state index >= 15 is 0 Å². The fourth-order valence-corrected chi connectivity index (χ4v) is 4.92. The fraction of sp³-hybridized carbons (Fsp3) is 0.316. The Kier molecular flexibility index (Phi) is 3.76. The standard InChI is InChI=1S/C19H19N3O4S/c1-22-8-10-3-2-4-12-15(16(10)21-22)19(27-17(12)18(20)23)26-11-5-6-13-14(7-11)25-9-24-13/h5-7,21H,2-4,8-9H2,1H3,(H2,20,23). The molecule has 0 saturated carbocycles.